The number of carboxylic acid groups (broad SMARTS) is 2. The van der Waals surface area contributed by atoms with Gasteiger partial charge < -0.3 is 50.4 Å². The van der Waals surface area contributed by atoms with E-state index < -0.39 is 35.1 Å². The van der Waals surface area contributed by atoms with Crippen molar-refractivity contribution in [3.05, 3.63) is 118 Å². The Balaban J connectivity index is 0.000000225. The summed E-state index contributed by atoms with van der Waals surface area (Å²) in [5.41, 5.74) is 3.60. The number of amides is 2. The summed E-state index contributed by atoms with van der Waals surface area (Å²) >= 11 is 2.72. The van der Waals surface area contributed by atoms with E-state index in [9.17, 15) is 34.5 Å². The maximum absolute atomic E-state index is 12.8. The van der Waals surface area contributed by atoms with Crippen LogP contribution in [0.15, 0.2) is 97.1 Å². The number of phenols is 3. The van der Waals surface area contributed by atoms with Gasteiger partial charge in [-0.05, 0) is 48.5 Å². The van der Waals surface area contributed by atoms with E-state index in [0.29, 0.717) is 39.1 Å². The molecule has 0 spiro atoms. The summed E-state index contributed by atoms with van der Waals surface area (Å²) in [6.45, 7) is 0. The summed E-state index contributed by atoms with van der Waals surface area (Å²) in [5, 5.41) is 52.4. The van der Waals surface area contributed by atoms with Crippen LogP contribution >= 0.6 is 22.7 Å². The predicted molar refractivity (Wildman–Crippen MR) is 224 cm³/mol. The van der Waals surface area contributed by atoms with Gasteiger partial charge in [-0.3, -0.25) is 19.2 Å². The number of ether oxygens (including phenoxy) is 3. The Morgan fingerprint density at radius 2 is 1.00 bits per heavy atom. The van der Waals surface area contributed by atoms with Crippen molar-refractivity contribution in [2.75, 3.05) is 32.0 Å². The number of methoxy groups -OCH3 is 3. The highest BCUT2D eigenvalue weighted by atomic mass is 32.1. The summed E-state index contributed by atoms with van der Waals surface area (Å²) in [4.78, 5) is 50.2. The first-order chi connectivity index (χ1) is 28.3. The van der Waals surface area contributed by atoms with E-state index in [4.69, 9.17) is 24.4 Å². The first-order valence-electron chi connectivity index (χ1n) is 17.7. The number of hydrogen-bond donors (Lipinski definition) is 7. The monoisotopic (exact) mass is 840 g/mol. The Bertz CT molecular complexity index is 2470. The summed E-state index contributed by atoms with van der Waals surface area (Å²) in [7, 11) is 4.56. The van der Waals surface area contributed by atoms with Gasteiger partial charge in [0.2, 0.25) is 23.3 Å². The highest BCUT2D eigenvalue weighted by Gasteiger charge is 2.20. The fourth-order valence-electron chi connectivity index (χ4n) is 5.94. The van der Waals surface area contributed by atoms with E-state index in [2.05, 4.69) is 10.6 Å². The average Bonchev–Trinajstić information content (AvgIpc) is 3.87. The lowest BCUT2D eigenvalue weighted by Gasteiger charge is -2.16. The zero-order chi connectivity index (χ0) is 42.6. The minimum absolute atomic E-state index is 0.0295. The molecular weight excluding hydrogens is 801 g/mol. The van der Waals surface area contributed by atoms with Gasteiger partial charge in [-0.2, -0.15) is 0 Å². The van der Waals surface area contributed by atoms with Gasteiger partial charge in [0.1, 0.15) is 0 Å². The zero-order valence-electron chi connectivity index (χ0n) is 32.0. The van der Waals surface area contributed by atoms with E-state index in [0.717, 1.165) is 25.8 Å². The Kier molecular flexibility index (Phi) is 14.5. The van der Waals surface area contributed by atoms with E-state index in [1.165, 1.54) is 56.1 Å². The molecule has 0 bridgehead atoms. The second-order valence-corrected chi connectivity index (χ2v) is 15.0. The number of carboxylic acids is 2. The molecule has 0 aliphatic carbocycles. The van der Waals surface area contributed by atoms with Crippen LogP contribution in [0.25, 0.3) is 20.9 Å². The second kappa shape index (κ2) is 19.9. The van der Waals surface area contributed by atoms with Crippen LogP contribution in [0.3, 0.4) is 0 Å². The number of rotatable bonds is 15. The van der Waals surface area contributed by atoms with Gasteiger partial charge >= 0.3 is 11.9 Å². The lowest BCUT2D eigenvalue weighted by atomic mass is 10.1. The van der Waals surface area contributed by atoms with Crippen molar-refractivity contribution >= 4 is 57.8 Å². The molecule has 2 amide bonds. The summed E-state index contributed by atoms with van der Waals surface area (Å²) < 4.78 is 16.1. The van der Waals surface area contributed by atoms with Gasteiger partial charge in [0.15, 0.2) is 23.0 Å². The number of nitrogens with one attached hydrogen (secondary N) is 2. The molecule has 0 unspecified atom stereocenters. The predicted octanol–water partition coefficient (Wildman–Crippen LogP) is 7.59. The molecule has 16 heteroatoms. The highest BCUT2D eigenvalue weighted by molar-refractivity contribution is 7.16. The van der Waals surface area contributed by atoms with E-state index in [1.54, 1.807) is 42.5 Å². The van der Waals surface area contributed by atoms with Crippen molar-refractivity contribution in [3.8, 4) is 55.4 Å². The second-order valence-electron chi connectivity index (χ2n) is 12.6. The molecule has 0 atom stereocenters. The van der Waals surface area contributed by atoms with Crippen LogP contribution in [0.4, 0.5) is 11.4 Å². The summed E-state index contributed by atoms with van der Waals surface area (Å²) in [6, 6.07) is 27.8. The summed E-state index contributed by atoms with van der Waals surface area (Å²) in [6.07, 6.45) is -0.226. The molecule has 6 aromatic rings. The van der Waals surface area contributed by atoms with Gasteiger partial charge in [-0.25, -0.2) is 0 Å². The Morgan fingerprint density at radius 3 is 1.47 bits per heavy atom. The zero-order valence-corrected chi connectivity index (χ0v) is 33.6. The quantitative estimate of drug-likeness (QED) is 0.0497. The number of aromatic hydroxyl groups is 3. The van der Waals surface area contributed by atoms with Crippen LogP contribution in [0, 0.1) is 0 Å². The first kappa shape index (κ1) is 43.1. The molecule has 0 radical (unpaired) electrons. The SMILES string of the molecule is COc1ccc(CC(=O)Nc2ccccc2-c2ccc(CC(=O)O)s2)c(OC)c1OC.O=C(O)Cc1ccc(-c2ccccc2NC(=O)Cc2ccc(O)c(O)c2O)s1. The molecule has 0 aliphatic rings. The molecule has 4 aromatic carbocycles. The van der Waals surface area contributed by atoms with Crippen molar-refractivity contribution in [3.63, 3.8) is 0 Å². The standard InChI is InChI=1S/C23H23NO6S.C20H17NO6S/c1-28-18-10-8-14(22(29-2)23(18)30-3)12-20(25)24-17-7-5-4-6-16(17)19-11-9-15(31-19)13-21(26)27;22-15-7-5-11(19(26)20(15)27)9-17(23)21-14-4-2-1-3-13(14)16-8-6-12(28-16)10-18(24)25/h4-11H,12-13H2,1-3H3,(H,24,25)(H,26,27);1-8,22,26-27H,9-10H2,(H,21,23)(H,24,25). The number of thiophene rings is 2. The molecule has 14 nitrogen and oxygen atoms in total. The number of carbonyl (C=O) groups is 4. The first-order valence-corrected chi connectivity index (χ1v) is 19.3. The molecule has 6 rings (SSSR count). The van der Waals surface area contributed by atoms with Crippen molar-refractivity contribution in [2.45, 2.75) is 25.7 Å². The largest absolute Gasteiger partial charge is 0.504 e. The van der Waals surface area contributed by atoms with Gasteiger partial charge in [0, 0.05) is 53.1 Å². The molecule has 59 heavy (non-hydrogen) atoms. The third-order valence-corrected chi connectivity index (χ3v) is 10.8. The van der Waals surface area contributed by atoms with Gasteiger partial charge in [0.05, 0.1) is 47.0 Å². The van der Waals surface area contributed by atoms with E-state index >= 15 is 0 Å². The molecule has 2 aromatic heterocycles. The number of aliphatic carboxylic acids is 2. The number of benzene rings is 4. The average molecular weight is 841 g/mol. The smallest absolute Gasteiger partial charge is 0.308 e. The Morgan fingerprint density at radius 1 is 0.525 bits per heavy atom. The molecule has 0 saturated heterocycles. The minimum atomic E-state index is -0.910. The molecule has 306 valence electrons. The molecule has 7 N–H and O–H groups in total. The van der Waals surface area contributed by atoms with E-state index in [1.807, 2.05) is 42.5 Å². The van der Waals surface area contributed by atoms with Gasteiger partial charge in [-0.1, -0.05) is 48.5 Å². The van der Waals surface area contributed by atoms with Crippen molar-refractivity contribution in [2.24, 2.45) is 0 Å². The maximum Gasteiger partial charge on any atom is 0.308 e. The van der Waals surface area contributed by atoms with Crippen LogP contribution in [0.1, 0.15) is 20.9 Å². The molecular formula is C43H40N2O12S2. The number of carbonyl (C=O) groups excluding carboxylic acids is 2. The molecule has 0 aliphatic heterocycles. The van der Waals surface area contributed by atoms with Crippen LogP contribution < -0.4 is 24.8 Å². The number of anilines is 2. The Hall–Kier alpha value is -7.04. The van der Waals surface area contributed by atoms with Crippen molar-refractivity contribution in [1.29, 1.82) is 0 Å². The van der Waals surface area contributed by atoms with Crippen molar-refractivity contribution in [1.82, 2.24) is 0 Å². The lowest BCUT2D eigenvalue weighted by Crippen LogP contribution is -2.15. The van der Waals surface area contributed by atoms with Crippen LogP contribution in [-0.4, -0.2) is 70.6 Å². The minimum Gasteiger partial charge on any atom is -0.504 e. The fourth-order valence-corrected chi connectivity index (χ4v) is 8.01. The van der Waals surface area contributed by atoms with E-state index in [-0.39, 0.29) is 37.2 Å². The third-order valence-electron chi connectivity index (χ3n) is 8.61. The topological polar surface area (TPSA) is 221 Å². The van der Waals surface area contributed by atoms with Crippen molar-refractivity contribution < 1.29 is 58.9 Å². The van der Waals surface area contributed by atoms with Crippen LogP contribution in [0.2, 0.25) is 0 Å². The Labute approximate surface area is 346 Å². The molecule has 2 heterocycles. The molecule has 0 fully saturated rings. The number of phenolic OH excluding ortho intramolecular Hbond substituents is 3. The number of hydrogen-bond acceptors (Lipinski definition) is 12. The fraction of sp³-hybridized carbons (Fsp3) is 0.163. The molecule has 0 saturated carbocycles. The normalized spacial score (nSPS) is 10.5. The van der Waals surface area contributed by atoms with Crippen LogP contribution in [-0.2, 0) is 44.9 Å². The number of para-hydroxylation sites is 2. The third kappa shape index (κ3) is 11.1. The van der Waals surface area contributed by atoms with Gasteiger partial charge in [-0.15, -0.1) is 22.7 Å². The highest BCUT2D eigenvalue weighted by Crippen LogP contribution is 2.41. The maximum atomic E-state index is 12.8. The summed E-state index contributed by atoms with van der Waals surface area (Å²) in [5.74, 6) is -2.72. The van der Waals surface area contributed by atoms with Crippen LogP contribution in [0.5, 0.6) is 34.5 Å². The van der Waals surface area contributed by atoms with Gasteiger partial charge in [0.25, 0.3) is 0 Å². The lowest BCUT2D eigenvalue weighted by molar-refractivity contribution is -0.137.